The van der Waals surface area contributed by atoms with Gasteiger partial charge in [-0.1, -0.05) is 0 Å². The number of likely N-dealkylation sites (tertiary alicyclic amines) is 1. The van der Waals surface area contributed by atoms with Crippen molar-refractivity contribution in [2.45, 2.75) is 57.9 Å². The molecule has 0 spiro atoms. The van der Waals surface area contributed by atoms with Crippen molar-refractivity contribution < 1.29 is 4.79 Å². The summed E-state index contributed by atoms with van der Waals surface area (Å²) < 4.78 is 0. The molecule has 116 valence electrons. The van der Waals surface area contributed by atoms with Crippen LogP contribution in [-0.2, 0) is 4.79 Å². The highest BCUT2D eigenvalue weighted by Crippen LogP contribution is 2.30. The number of nitrogens with zero attached hydrogens (tertiary/aromatic N) is 1. The lowest BCUT2D eigenvalue weighted by Crippen LogP contribution is -2.41. The highest BCUT2D eigenvalue weighted by molar-refractivity contribution is 5.76. The topological polar surface area (TPSA) is 58.4 Å². The van der Waals surface area contributed by atoms with Crippen LogP contribution in [0.3, 0.4) is 0 Å². The van der Waals surface area contributed by atoms with Crippen molar-refractivity contribution in [3.05, 3.63) is 0 Å². The zero-order valence-corrected chi connectivity index (χ0v) is 12.9. The Kier molecular flexibility index (Phi) is 6.30. The largest absolute Gasteiger partial charge is 0.355 e. The molecule has 0 bridgehead atoms. The van der Waals surface area contributed by atoms with Crippen LogP contribution >= 0.6 is 0 Å². The second-order valence-corrected chi connectivity index (χ2v) is 6.72. The van der Waals surface area contributed by atoms with E-state index in [2.05, 4.69) is 17.1 Å². The molecular formula is C16H31N3O. The van der Waals surface area contributed by atoms with Gasteiger partial charge >= 0.3 is 0 Å². The minimum Gasteiger partial charge on any atom is -0.355 e. The van der Waals surface area contributed by atoms with E-state index >= 15 is 0 Å². The molecule has 1 amide bonds. The maximum atomic E-state index is 12.0. The van der Waals surface area contributed by atoms with Gasteiger partial charge in [-0.05, 0) is 76.9 Å². The minimum atomic E-state index is 0.243. The van der Waals surface area contributed by atoms with Crippen LogP contribution in [0.4, 0.5) is 0 Å². The Morgan fingerprint density at radius 3 is 2.40 bits per heavy atom. The van der Waals surface area contributed by atoms with Crippen LogP contribution in [0.25, 0.3) is 0 Å². The molecule has 0 radical (unpaired) electrons. The van der Waals surface area contributed by atoms with E-state index < -0.39 is 0 Å². The van der Waals surface area contributed by atoms with Gasteiger partial charge in [0.05, 0.1) is 0 Å². The smallest absolute Gasteiger partial charge is 0.220 e. The second kappa shape index (κ2) is 7.99. The molecule has 1 saturated carbocycles. The maximum absolute atomic E-state index is 12.0. The summed E-state index contributed by atoms with van der Waals surface area (Å²) in [6, 6.07) is 0.481. The van der Waals surface area contributed by atoms with Gasteiger partial charge in [0.1, 0.15) is 0 Å². The van der Waals surface area contributed by atoms with Crippen molar-refractivity contribution in [1.82, 2.24) is 10.2 Å². The SMILES string of the molecule is CC(CNC(=O)CC1CCC(CN)CC1)N1CCCC1. The molecule has 1 aliphatic carbocycles. The predicted molar refractivity (Wildman–Crippen MR) is 82.4 cm³/mol. The van der Waals surface area contributed by atoms with Crippen molar-refractivity contribution in [1.29, 1.82) is 0 Å². The van der Waals surface area contributed by atoms with Crippen LogP contribution in [0.2, 0.25) is 0 Å². The third-order valence-electron chi connectivity index (χ3n) is 5.13. The summed E-state index contributed by atoms with van der Waals surface area (Å²) in [5, 5.41) is 3.13. The van der Waals surface area contributed by atoms with E-state index in [1.807, 2.05) is 0 Å². The molecule has 2 rings (SSSR count). The summed E-state index contributed by atoms with van der Waals surface area (Å²) in [6.07, 6.45) is 8.10. The van der Waals surface area contributed by atoms with E-state index in [1.54, 1.807) is 0 Å². The van der Waals surface area contributed by atoms with Crippen LogP contribution in [0.1, 0.15) is 51.9 Å². The molecule has 1 unspecified atom stereocenters. The van der Waals surface area contributed by atoms with Crippen LogP contribution in [-0.4, -0.2) is 43.0 Å². The molecule has 0 aromatic rings. The predicted octanol–water partition coefficient (Wildman–Crippen LogP) is 1.74. The number of rotatable bonds is 6. The standard InChI is InChI=1S/C16H31N3O/c1-13(19-8-2-3-9-19)12-18-16(20)10-14-4-6-15(11-17)7-5-14/h13-15H,2-12,17H2,1H3,(H,18,20). The Morgan fingerprint density at radius 2 is 1.80 bits per heavy atom. The van der Waals surface area contributed by atoms with E-state index in [1.165, 1.54) is 51.6 Å². The summed E-state index contributed by atoms with van der Waals surface area (Å²) in [7, 11) is 0. The number of carbonyl (C=O) groups excluding carboxylic acids is 1. The van der Waals surface area contributed by atoms with Gasteiger partial charge < -0.3 is 11.1 Å². The van der Waals surface area contributed by atoms with E-state index in [-0.39, 0.29) is 5.91 Å². The first kappa shape index (κ1) is 15.8. The minimum absolute atomic E-state index is 0.243. The number of carbonyl (C=O) groups is 1. The van der Waals surface area contributed by atoms with Crippen molar-refractivity contribution in [3.8, 4) is 0 Å². The van der Waals surface area contributed by atoms with Gasteiger partial charge in [0, 0.05) is 19.0 Å². The lowest BCUT2D eigenvalue weighted by molar-refractivity contribution is -0.122. The summed E-state index contributed by atoms with van der Waals surface area (Å²) in [6.45, 7) is 6.22. The average Bonchev–Trinajstić information content (AvgIpc) is 3.00. The highest BCUT2D eigenvalue weighted by Gasteiger charge is 2.23. The summed E-state index contributed by atoms with van der Waals surface area (Å²) in [5.41, 5.74) is 5.71. The summed E-state index contributed by atoms with van der Waals surface area (Å²) in [4.78, 5) is 14.5. The van der Waals surface area contributed by atoms with Crippen LogP contribution < -0.4 is 11.1 Å². The van der Waals surface area contributed by atoms with Crippen molar-refractivity contribution >= 4 is 5.91 Å². The second-order valence-electron chi connectivity index (χ2n) is 6.72. The van der Waals surface area contributed by atoms with Gasteiger partial charge in [-0.25, -0.2) is 0 Å². The molecule has 1 heterocycles. The Bertz CT molecular complexity index is 294. The molecule has 0 aromatic carbocycles. The van der Waals surface area contributed by atoms with Crippen LogP contribution in [0, 0.1) is 11.8 Å². The van der Waals surface area contributed by atoms with E-state index in [0.29, 0.717) is 24.3 Å². The summed E-state index contributed by atoms with van der Waals surface area (Å²) in [5.74, 6) is 1.52. The van der Waals surface area contributed by atoms with Gasteiger partial charge in [0.25, 0.3) is 0 Å². The number of hydrogen-bond donors (Lipinski definition) is 2. The van der Waals surface area contributed by atoms with Gasteiger partial charge in [0.15, 0.2) is 0 Å². The average molecular weight is 281 g/mol. The fraction of sp³-hybridized carbons (Fsp3) is 0.938. The zero-order valence-electron chi connectivity index (χ0n) is 12.9. The number of hydrogen-bond acceptors (Lipinski definition) is 3. The van der Waals surface area contributed by atoms with Crippen molar-refractivity contribution in [3.63, 3.8) is 0 Å². The third kappa shape index (κ3) is 4.74. The molecule has 4 heteroatoms. The first-order valence-corrected chi connectivity index (χ1v) is 8.40. The van der Waals surface area contributed by atoms with Gasteiger partial charge in [0.2, 0.25) is 5.91 Å². The lowest BCUT2D eigenvalue weighted by Gasteiger charge is -2.28. The summed E-state index contributed by atoms with van der Waals surface area (Å²) >= 11 is 0. The van der Waals surface area contributed by atoms with Gasteiger partial charge in [-0.3, -0.25) is 9.69 Å². The lowest BCUT2D eigenvalue weighted by atomic mass is 9.80. The molecule has 1 saturated heterocycles. The fourth-order valence-electron chi connectivity index (χ4n) is 3.58. The van der Waals surface area contributed by atoms with E-state index in [4.69, 9.17) is 5.73 Å². The molecule has 4 nitrogen and oxygen atoms in total. The number of amides is 1. The molecule has 0 aromatic heterocycles. The first-order valence-electron chi connectivity index (χ1n) is 8.40. The molecule has 1 aliphatic heterocycles. The van der Waals surface area contributed by atoms with Crippen LogP contribution in [0.15, 0.2) is 0 Å². The molecular weight excluding hydrogens is 250 g/mol. The first-order chi connectivity index (χ1) is 9.69. The van der Waals surface area contributed by atoms with Gasteiger partial charge in [-0.2, -0.15) is 0 Å². The quantitative estimate of drug-likeness (QED) is 0.780. The Morgan fingerprint density at radius 1 is 1.20 bits per heavy atom. The molecule has 20 heavy (non-hydrogen) atoms. The van der Waals surface area contributed by atoms with Gasteiger partial charge in [-0.15, -0.1) is 0 Å². The molecule has 2 fully saturated rings. The Hall–Kier alpha value is -0.610. The Labute approximate surface area is 123 Å². The van der Waals surface area contributed by atoms with E-state index in [0.717, 1.165) is 13.1 Å². The number of nitrogens with two attached hydrogens (primary N) is 1. The molecule has 2 aliphatic rings. The number of nitrogens with one attached hydrogen (secondary N) is 1. The highest BCUT2D eigenvalue weighted by atomic mass is 16.1. The van der Waals surface area contributed by atoms with Crippen LogP contribution in [0.5, 0.6) is 0 Å². The molecule has 1 atom stereocenters. The maximum Gasteiger partial charge on any atom is 0.220 e. The monoisotopic (exact) mass is 281 g/mol. The fourth-order valence-corrected chi connectivity index (χ4v) is 3.58. The molecule has 3 N–H and O–H groups in total. The van der Waals surface area contributed by atoms with E-state index in [9.17, 15) is 4.79 Å². The van der Waals surface area contributed by atoms with Crippen molar-refractivity contribution in [2.75, 3.05) is 26.2 Å². The Balaban J connectivity index is 1.60. The third-order valence-corrected chi connectivity index (χ3v) is 5.13. The normalized spacial score (nSPS) is 29.3. The zero-order chi connectivity index (χ0) is 14.4. The van der Waals surface area contributed by atoms with Crippen molar-refractivity contribution in [2.24, 2.45) is 17.6 Å².